The number of carbonyl (C=O) groups excluding carboxylic acids is 1. The molecule has 6 nitrogen and oxygen atoms in total. The van der Waals surface area contributed by atoms with Crippen molar-refractivity contribution in [3.63, 3.8) is 0 Å². The molecule has 1 aliphatic heterocycles. The second kappa shape index (κ2) is 10.6. The Labute approximate surface area is 204 Å². The summed E-state index contributed by atoms with van der Waals surface area (Å²) in [5.41, 5.74) is 3.36. The largest absolute Gasteiger partial charge is 0.493 e. The maximum Gasteiger partial charge on any atom is 0.223 e. The smallest absolute Gasteiger partial charge is 0.223 e. The van der Waals surface area contributed by atoms with Crippen LogP contribution in [0.1, 0.15) is 63.3 Å². The van der Waals surface area contributed by atoms with Gasteiger partial charge in [0.05, 0.1) is 34.5 Å². The van der Waals surface area contributed by atoms with Crippen molar-refractivity contribution in [3.05, 3.63) is 47.0 Å². The Morgan fingerprint density at radius 3 is 2.12 bits per heavy atom. The molecule has 0 saturated carbocycles. The molecule has 0 aromatic heterocycles. The molecule has 0 bridgehead atoms. The van der Waals surface area contributed by atoms with E-state index in [4.69, 9.17) is 18.9 Å². The molecule has 6 heteroatoms. The maximum absolute atomic E-state index is 13.7. The Morgan fingerprint density at radius 1 is 0.941 bits per heavy atom. The van der Waals surface area contributed by atoms with Crippen LogP contribution >= 0.6 is 0 Å². The third-order valence-corrected chi connectivity index (χ3v) is 6.40. The molecule has 186 valence electrons. The maximum atomic E-state index is 13.7. The van der Waals surface area contributed by atoms with E-state index in [9.17, 15) is 4.79 Å². The summed E-state index contributed by atoms with van der Waals surface area (Å²) in [6, 6.07) is 9.66. The van der Waals surface area contributed by atoms with Gasteiger partial charge in [0, 0.05) is 13.0 Å². The summed E-state index contributed by atoms with van der Waals surface area (Å²) >= 11 is 0. The van der Waals surface area contributed by atoms with Crippen LogP contribution in [-0.4, -0.2) is 45.8 Å². The van der Waals surface area contributed by atoms with Crippen molar-refractivity contribution >= 4 is 5.91 Å². The molecule has 34 heavy (non-hydrogen) atoms. The van der Waals surface area contributed by atoms with Crippen LogP contribution in [0.25, 0.3) is 0 Å². The Bertz CT molecular complexity index is 1010. The summed E-state index contributed by atoms with van der Waals surface area (Å²) in [4.78, 5) is 15.7. The molecule has 3 rings (SSSR count). The fourth-order valence-corrected chi connectivity index (χ4v) is 5.13. The van der Waals surface area contributed by atoms with Crippen LogP contribution in [0.2, 0.25) is 0 Å². The molecule has 1 heterocycles. The van der Waals surface area contributed by atoms with E-state index in [0.717, 1.165) is 29.5 Å². The van der Waals surface area contributed by atoms with E-state index in [2.05, 4.69) is 27.7 Å². The number of carbonyl (C=O) groups is 1. The highest BCUT2D eigenvalue weighted by molar-refractivity contribution is 5.78. The molecule has 0 radical (unpaired) electrons. The lowest BCUT2D eigenvalue weighted by Gasteiger charge is -2.39. The van der Waals surface area contributed by atoms with Crippen molar-refractivity contribution in [1.82, 2.24) is 4.90 Å². The number of ether oxygens (including phenoxy) is 4. The number of nitrogens with zero attached hydrogens (tertiary/aromatic N) is 1. The number of amides is 1. The minimum absolute atomic E-state index is 0.164. The first kappa shape index (κ1) is 25.7. The third kappa shape index (κ3) is 5.60. The van der Waals surface area contributed by atoms with Gasteiger partial charge in [-0.2, -0.15) is 0 Å². The predicted octanol–water partition coefficient (Wildman–Crippen LogP) is 5.66. The summed E-state index contributed by atoms with van der Waals surface area (Å²) in [6.07, 6.45) is 2.28. The molecule has 2 unspecified atom stereocenters. The van der Waals surface area contributed by atoms with E-state index < -0.39 is 0 Å². The van der Waals surface area contributed by atoms with E-state index in [-0.39, 0.29) is 17.4 Å². The zero-order chi connectivity index (χ0) is 25.0. The molecule has 2 aromatic rings. The topological polar surface area (TPSA) is 57.2 Å². The van der Waals surface area contributed by atoms with Gasteiger partial charge in [-0.25, -0.2) is 0 Å². The Balaban J connectivity index is 2.07. The van der Waals surface area contributed by atoms with Crippen molar-refractivity contribution in [3.8, 4) is 23.0 Å². The van der Waals surface area contributed by atoms with Gasteiger partial charge < -0.3 is 23.8 Å². The van der Waals surface area contributed by atoms with Gasteiger partial charge in [-0.05, 0) is 65.1 Å². The highest BCUT2D eigenvalue weighted by Crippen LogP contribution is 2.43. The average Bonchev–Trinajstić information content (AvgIpc) is 2.80. The molecule has 0 spiro atoms. The van der Waals surface area contributed by atoms with Crippen LogP contribution in [0.15, 0.2) is 30.3 Å². The lowest BCUT2D eigenvalue weighted by atomic mass is 9.83. The van der Waals surface area contributed by atoms with E-state index in [1.807, 2.05) is 35.2 Å². The SMILES string of the molecule is COc1ccc(C2c3cc(OC)c(OC)cc3CCN2C(=O)CC(C)CC(C)(C)C)cc1OC. The summed E-state index contributed by atoms with van der Waals surface area (Å²) in [7, 11) is 6.53. The van der Waals surface area contributed by atoms with Crippen molar-refractivity contribution in [2.75, 3.05) is 35.0 Å². The van der Waals surface area contributed by atoms with Gasteiger partial charge in [-0.3, -0.25) is 4.79 Å². The van der Waals surface area contributed by atoms with E-state index in [1.165, 1.54) is 0 Å². The van der Waals surface area contributed by atoms with Gasteiger partial charge in [0.2, 0.25) is 5.91 Å². The average molecular weight is 470 g/mol. The zero-order valence-corrected chi connectivity index (χ0v) is 21.9. The van der Waals surface area contributed by atoms with E-state index in [0.29, 0.717) is 41.9 Å². The van der Waals surface area contributed by atoms with Crippen molar-refractivity contribution in [2.24, 2.45) is 11.3 Å². The molecule has 1 aliphatic rings. The molecule has 2 atom stereocenters. The Kier molecular flexibility index (Phi) is 8.01. The molecule has 1 amide bonds. The van der Waals surface area contributed by atoms with E-state index >= 15 is 0 Å². The minimum atomic E-state index is -0.252. The number of fused-ring (bicyclic) bond motifs is 1. The number of methoxy groups -OCH3 is 4. The first-order chi connectivity index (χ1) is 16.1. The monoisotopic (exact) mass is 469 g/mol. The second-order valence-corrected chi connectivity index (χ2v) is 10.3. The van der Waals surface area contributed by atoms with Gasteiger partial charge in [-0.15, -0.1) is 0 Å². The lowest BCUT2D eigenvalue weighted by molar-refractivity contribution is -0.134. The van der Waals surface area contributed by atoms with Crippen LogP contribution in [0, 0.1) is 11.3 Å². The van der Waals surface area contributed by atoms with Crippen LogP contribution in [0.4, 0.5) is 0 Å². The van der Waals surface area contributed by atoms with Crippen LogP contribution < -0.4 is 18.9 Å². The van der Waals surface area contributed by atoms with Crippen molar-refractivity contribution < 1.29 is 23.7 Å². The molecule has 0 fully saturated rings. The van der Waals surface area contributed by atoms with Crippen LogP contribution in [0.3, 0.4) is 0 Å². The van der Waals surface area contributed by atoms with Crippen LogP contribution in [0.5, 0.6) is 23.0 Å². The number of hydrogen-bond donors (Lipinski definition) is 0. The van der Waals surface area contributed by atoms with Crippen molar-refractivity contribution in [1.29, 1.82) is 0 Å². The first-order valence-electron chi connectivity index (χ1n) is 11.9. The predicted molar refractivity (Wildman–Crippen MR) is 134 cm³/mol. The standard InChI is InChI=1S/C28H39NO5/c1-18(17-28(2,3)4)13-26(30)29-12-11-19-14-24(33-7)25(34-8)16-21(19)27(29)20-9-10-22(31-5)23(15-20)32-6/h9-10,14-16,18,27H,11-13,17H2,1-8H3. The lowest BCUT2D eigenvalue weighted by Crippen LogP contribution is -2.41. The second-order valence-electron chi connectivity index (χ2n) is 10.3. The van der Waals surface area contributed by atoms with Gasteiger partial charge in [-0.1, -0.05) is 33.8 Å². The van der Waals surface area contributed by atoms with Gasteiger partial charge in [0.1, 0.15) is 0 Å². The summed E-state index contributed by atoms with van der Waals surface area (Å²) in [6.45, 7) is 9.47. The van der Waals surface area contributed by atoms with Crippen molar-refractivity contribution in [2.45, 2.75) is 53.0 Å². The minimum Gasteiger partial charge on any atom is -0.493 e. The molecular formula is C28H39NO5. The first-order valence-corrected chi connectivity index (χ1v) is 11.9. The van der Waals surface area contributed by atoms with Gasteiger partial charge >= 0.3 is 0 Å². The fraction of sp³-hybridized carbons (Fsp3) is 0.536. The highest BCUT2D eigenvalue weighted by atomic mass is 16.5. The zero-order valence-electron chi connectivity index (χ0n) is 21.9. The Morgan fingerprint density at radius 2 is 1.53 bits per heavy atom. The Hall–Kier alpha value is -2.89. The molecule has 0 aliphatic carbocycles. The molecular weight excluding hydrogens is 430 g/mol. The third-order valence-electron chi connectivity index (χ3n) is 6.40. The summed E-state index contributed by atoms with van der Waals surface area (Å²) in [5.74, 6) is 3.11. The van der Waals surface area contributed by atoms with E-state index in [1.54, 1.807) is 28.4 Å². The number of benzene rings is 2. The normalized spacial score (nSPS) is 16.5. The summed E-state index contributed by atoms with van der Waals surface area (Å²) in [5, 5.41) is 0. The fourth-order valence-electron chi connectivity index (χ4n) is 5.13. The van der Waals surface area contributed by atoms with Gasteiger partial charge in [0.15, 0.2) is 23.0 Å². The number of hydrogen-bond acceptors (Lipinski definition) is 5. The quantitative estimate of drug-likeness (QED) is 0.499. The highest BCUT2D eigenvalue weighted by Gasteiger charge is 2.34. The molecule has 2 aromatic carbocycles. The number of rotatable bonds is 8. The molecule has 0 N–H and O–H groups in total. The molecule has 0 saturated heterocycles. The summed E-state index contributed by atoms with van der Waals surface area (Å²) < 4.78 is 22.2. The van der Waals surface area contributed by atoms with Crippen LogP contribution in [-0.2, 0) is 11.2 Å². The van der Waals surface area contributed by atoms with Gasteiger partial charge in [0.25, 0.3) is 0 Å².